The molecule has 1 aromatic carbocycles. The van der Waals surface area contributed by atoms with E-state index < -0.39 is 35.2 Å². The lowest BCUT2D eigenvalue weighted by Crippen LogP contribution is -2.29. The summed E-state index contributed by atoms with van der Waals surface area (Å²) in [5.74, 6) is -4.81. The van der Waals surface area contributed by atoms with Gasteiger partial charge in [0.2, 0.25) is 0 Å². The van der Waals surface area contributed by atoms with E-state index in [9.17, 15) is 26.3 Å². The highest BCUT2D eigenvalue weighted by molar-refractivity contribution is 5.24. The molecule has 0 heterocycles. The number of alkyl halides is 3. The molecule has 1 atom stereocenters. The van der Waals surface area contributed by atoms with Gasteiger partial charge in [-0.1, -0.05) is 0 Å². The molecule has 0 radical (unpaired) electrons. The first-order chi connectivity index (χ1) is 6.73. The molecule has 0 amide bonds. The van der Waals surface area contributed by atoms with E-state index in [0.717, 1.165) is 0 Å². The van der Waals surface area contributed by atoms with Crippen LogP contribution in [0.3, 0.4) is 0 Å². The van der Waals surface area contributed by atoms with E-state index in [1.54, 1.807) is 0 Å². The van der Waals surface area contributed by atoms with E-state index in [0.29, 0.717) is 0 Å². The van der Waals surface area contributed by atoms with Crippen molar-refractivity contribution in [1.29, 1.82) is 0 Å². The largest absolute Gasteiger partial charge is 0.407 e. The molecule has 1 aromatic rings. The summed E-state index contributed by atoms with van der Waals surface area (Å²) in [7, 11) is 0. The summed E-state index contributed by atoms with van der Waals surface area (Å²) in [6, 6.07) is -2.39. The molecule has 1 rings (SSSR count). The first-order valence-corrected chi connectivity index (χ1v) is 3.70. The maximum atomic E-state index is 12.8. The predicted octanol–water partition coefficient (Wildman–Crippen LogP) is 2.67. The van der Waals surface area contributed by atoms with Crippen LogP contribution in [0.25, 0.3) is 0 Å². The minimum atomic E-state index is -4.96. The van der Waals surface area contributed by atoms with Crippen molar-refractivity contribution < 1.29 is 26.3 Å². The Morgan fingerprint density at radius 1 is 1.07 bits per heavy atom. The van der Waals surface area contributed by atoms with Gasteiger partial charge in [0, 0.05) is 11.6 Å². The van der Waals surface area contributed by atoms with Crippen molar-refractivity contribution in [1.82, 2.24) is 0 Å². The standard InChI is InChI=1S/C8H5F6N/c9-3-1-4(6(11)5(10)2-3)7(15)8(12,13)14/h1-2,7H,15H2/t7-/m0/s1. The van der Waals surface area contributed by atoms with Gasteiger partial charge >= 0.3 is 6.18 Å². The van der Waals surface area contributed by atoms with Gasteiger partial charge in [0.25, 0.3) is 0 Å². The van der Waals surface area contributed by atoms with Crippen LogP contribution in [0.1, 0.15) is 11.6 Å². The van der Waals surface area contributed by atoms with Gasteiger partial charge in [-0.3, -0.25) is 0 Å². The Hall–Kier alpha value is -1.24. The van der Waals surface area contributed by atoms with E-state index in [1.165, 1.54) is 0 Å². The highest BCUT2D eigenvalue weighted by atomic mass is 19.4. The van der Waals surface area contributed by atoms with Gasteiger partial charge in [-0.05, 0) is 6.07 Å². The van der Waals surface area contributed by atoms with Crippen LogP contribution in [-0.4, -0.2) is 6.18 Å². The molecule has 0 saturated carbocycles. The summed E-state index contributed by atoms with van der Waals surface area (Å²) in [6.07, 6.45) is -4.96. The third kappa shape index (κ3) is 2.41. The van der Waals surface area contributed by atoms with Gasteiger partial charge in [-0.25, -0.2) is 13.2 Å². The summed E-state index contributed by atoms with van der Waals surface area (Å²) in [6.45, 7) is 0. The summed E-state index contributed by atoms with van der Waals surface area (Å²) in [4.78, 5) is 0. The lowest BCUT2D eigenvalue weighted by atomic mass is 10.1. The monoisotopic (exact) mass is 229 g/mol. The first kappa shape index (κ1) is 11.8. The Bertz CT molecular complexity index is 372. The van der Waals surface area contributed by atoms with Crippen molar-refractivity contribution in [2.45, 2.75) is 12.2 Å². The summed E-state index contributed by atoms with van der Waals surface area (Å²) >= 11 is 0. The average molecular weight is 229 g/mol. The quantitative estimate of drug-likeness (QED) is 0.581. The molecule has 0 fully saturated rings. The SMILES string of the molecule is N[C@@H](c1cc(F)cc(F)c1F)C(F)(F)F. The summed E-state index contributed by atoms with van der Waals surface area (Å²) in [5, 5.41) is 0. The van der Waals surface area contributed by atoms with E-state index >= 15 is 0 Å². The Morgan fingerprint density at radius 2 is 1.60 bits per heavy atom. The van der Waals surface area contributed by atoms with Gasteiger partial charge in [0.15, 0.2) is 11.6 Å². The van der Waals surface area contributed by atoms with Crippen molar-refractivity contribution in [2.24, 2.45) is 5.73 Å². The number of hydrogen-bond donors (Lipinski definition) is 1. The second-order valence-corrected chi connectivity index (χ2v) is 2.81. The van der Waals surface area contributed by atoms with Gasteiger partial charge in [0.05, 0.1) is 0 Å². The third-order valence-electron chi connectivity index (χ3n) is 1.71. The number of hydrogen-bond acceptors (Lipinski definition) is 1. The Labute approximate surface area is 80.5 Å². The number of rotatable bonds is 1. The van der Waals surface area contributed by atoms with Crippen LogP contribution in [-0.2, 0) is 0 Å². The lowest BCUT2D eigenvalue weighted by Gasteiger charge is -2.16. The van der Waals surface area contributed by atoms with Crippen molar-refractivity contribution in [3.8, 4) is 0 Å². The molecule has 0 spiro atoms. The van der Waals surface area contributed by atoms with Crippen LogP contribution in [0.15, 0.2) is 12.1 Å². The Kier molecular flexibility index (Phi) is 2.94. The molecule has 0 aliphatic heterocycles. The molecule has 15 heavy (non-hydrogen) atoms. The van der Waals surface area contributed by atoms with Crippen LogP contribution in [0.5, 0.6) is 0 Å². The molecule has 2 N–H and O–H groups in total. The van der Waals surface area contributed by atoms with Gasteiger partial charge in [-0.15, -0.1) is 0 Å². The Morgan fingerprint density at radius 3 is 2.07 bits per heavy atom. The minimum Gasteiger partial charge on any atom is -0.316 e. The zero-order valence-corrected chi connectivity index (χ0v) is 7.08. The Balaban J connectivity index is 3.25. The maximum absolute atomic E-state index is 12.8. The van der Waals surface area contributed by atoms with Gasteiger partial charge in [0.1, 0.15) is 11.9 Å². The molecule has 0 saturated heterocycles. The van der Waals surface area contributed by atoms with Gasteiger partial charge < -0.3 is 5.73 Å². The third-order valence-corrected chi connectivity index (χ3v) is 1.71. The summed E-state index contributed by atoms with van der Waals surface area (Å²) < 4.78 is 74.0. The highest BCUT2D eigenvalue weighted by Crippen LogP contribution is 2.32. The summed E-state index contributed by atoms with van der Waals surface area (Å²) in [5.41, 5.74) is 3.36. The van der Waals surface area contributed by atoms with E-state index in [1.807, 2.05) is 0 Å². The molecule has 0 bridgehead atoms. The molecule has 0 aliphatic rings. The molecule has 7 heteroatoms. The van der Waals surface area contributed by atoms with Gasteiger partial charge in [-0.2, -0.15) is 13.2 Å². The lowest BCUT2D eigenvalue weighted by molar-refractivity contribution is -0.149. The van der Waals surface area contributed by atoms with Crippen molar-refractivity contribution in [3.05, 3.63) is 35.1 Å². The van der Waals surface area contributed by atoms with Crippen LogP contribution in [0, 0.1) is 17.5 Å². The fraction of sp³-hybridized carbons (Fsp3) is 0.250. The molecule has 0 aliphatic carbocycles. The zero-order chi connectivity index (χ0) is 11.8. The van der Waals surface area contributed by atoms with Crippen LogP contribution in [0.4, 0.5) is 26.3 Å². The van der Waals surface area contributed by atoms with Crippen molar-refractivity contribution >= 4 is 0 Å². The number of benzene rings is 1. The second kappa shape index (κ2) is 3.73. The van der Waals surface area contributed by atoms with Crippen molar-refractivity contribution in [3.63, 3.8) is 0 Å². The molecule has 0 unspecified atom stereocenters. The predicted molar refractivity (Wildman–Crippen MR) is 39.3 cm³/mol. The molecule has 0 aromatic heterocycles. The topological polar surface area (TPSA) is 26.0 Å². The highest BCUT2D eigenvalue weighted by Gasteiger charge is 2.40. The first-order valence-electron chi connectivity index (χ1n) is 3.70. The zero-order valence-electron chi connectivity index (χ0n) is 7.08. The van der Waals surface area contributed by atoms with E-state index in [2.05, 4.69) is 5.73 Å². The minimum absolute atomic E-state index is 0.141. The number of nitrogens with two attached hydrogens (primary N) is 1. The van der Waals surface area contributed by atoms with Crippen LogP contribution >= 0.6 is 0 Å². The smallest absolute Gasteiger partial charge is 0.316 e. The van der Waals surface area contributed by atoms with Crippen molar-refractivity contribution in [2.75, 3.05) is 0 Å². The fourth-order valence-electron chi connectivity index (χ4n) is 0.979. The maximum Gasteiger partial charge on any atom is 0.407 e. The molecule has 1 nitrogen and oxygen atoms in total. The van der Waals surface area contributed by atoms with Crippen LogP contribution in [0.2, 0.25) is 0 Å². The number of halogens is 6. The fourth-order valence-corrected chi connectivity index (χ4v) is 0.979. The normalized spacial score (nSPS) is 14.1. The van der Waals surface area contributed by atoms with E-state index in [-0.39, 0.29) is 12.1 Å². The van der Waals surface area contributed by atoms with Crippen LogP contribution < -0.4 is 5.73 Å². The molecule has 84 valence electrons. The average Bonchev–Trinajstić information content (AvgIpc) is 2.08. The van der Waals surface area contributed by atoms with E-state index in [4.69, 9.17) is 0 Å². The second-order valence-electron chi connectivity index (χ2n) is 2.81. The molecular weight excluding hydrogens is 224 g/mol. The molecular formula is C8H5F6N.